The summed E-state index contributed by atoms with van der Waals surface area (Å²) in [5.41, 5.74) is 7.49. The second-order valence-corrected chi connectivity index (χ2v) is 15.7. The highest BCUT2D eigenvalue weighted by atomic mass is 32.2. The first-order valence-electron chi connectivity index (χ1n) is 18.2. The number of benzene rings is 3. The van der Waals surface area contributed by atoms with Gasteiger partial charge < -0.3 is 23.6 Å². The molecule has 6 aromatic rings. The van der Waals surface area contributed by atoms with Crippen molar-refractivity contribution in [1.82, 2.24) is 19.9 Å². The lowest BCUT2D eigenvalue weighted by atomic mass is 9.71. The van der Waals surface area contributed by atoms with E-state index < -0.39 is 17.3 Å². The number of aliphatic hydroxyl groups excluding tert-OH is 1. The van der Waals surface area contributed by atoms with E-state index in [1.807, 2.05) is 62.5 Å². The third kappa shape index (κ3) is 7.42. The van der Waals surface area contributed by atoms with Crippen molar-refractivity contribution in [2.75, 3.05) is 27.3 Å². The molecule has 3 aliphatic rings. The average Bonchev–Trinajstić information content (AvgIpc) is 3.63. The summed E-state index contributed by atoms with van der Waals surface area (Å²) in [6, 6.07) is 26.7. The minimum atomic E-state index is -1.33. The van der Waals surface area contributed by atoms with Gasteiger partial charge in [0.25, 0.3) is 0 Å². The number of fused-ring (bicyclic) bond motifs is 5. The number of aromatic amines is 1. The first-order chi connectivity index (χ1) is 25.7. The van der Waals surface area contributed by atoms with Crippen LogP contribution in [0, 0.1) is 25.7 Å². The van der Waals surface area contributed by atoms with Gasteiger partial charge in [-0.1, -0.05) is 54.6 Å². The molecule has 3 saturated heterocycles. The molecule has 3 aromatic heterocycles. The van der Waals surface area contributed by atoms with Gasteiger partial charge in [-0.15, -0.1) is 6.58 Å². The second kappa shape index (κ2) is 15.7. The number of nitrogens with zero attached hydrogens (tertiary/aromatic N) is 4. The number of ether oxygens (including phenoxy) is 2. The number of aryl methyl sites for hydroxylation is 1. The molecule has 3 fully saturated rings. The number of imidazole rings is 1. The number of nitrogens with one attached hydrogen (secondary N) is 1. The molecule has 9 rings (SSSR count). The molecule has 2 N–H and O–H groups in total. The molecular formula is C43H48N5O4S+. The fourth-order valence-corrected chi connectivity index (χ4v) is 9.62. The van der Waals surface area contributed by atoms with Gasteiger partial charge in [0, 0.05) is 70.5 Å². The molecular weight excluding hydrogens is 683 g/mol. The highest BCUT2D eigenvalue weighted by molar-refractivity contribution is 7.90. The minimum absolute atomic E-state index is 0.205. The van der Waals surface area contributed by atoms with Gasteiger partial charge in [0.15, 0.2) is 5.75 Å². The molecule has 0 aliphatic carbocycles. The minimum Gasteiger partial charge on any atom is -0.609 e. The molecule has 0 amide bonds. The van der Waals surface area contributed by atoms with Crippen LogP contribution < -0.4 is 9.47 Å². The van der Waals surface area contributed by atoms with Crippen LogP contribution in [0.5, 0.6) is 11.5 Å². The van der Waals surface area contributed by atoms with Crippen LogP contribution >= 0.6 is 0 Å². The van der Waals surface area contributed by atoms with Gasteiger partial charge in [-0.25, -0.2) is 0 Å². The van der Waals surface area contributed by atoms with E-state index in [1.165, 1.54) is 12.0 Å². The Bertz CT molecular complexity index is 2210. The van der Waals surface area contributed by atoms with E-state index in [9.17, 15) is 9.66 Å². The van der Waals surface area contributed by atoms with Crippen LogP contribution in [0.15, 0.2) is 109 Å². The maximum absolute atomic E-state index is 12.7. The Morgan fingerprint density at radius 3 is 2.58 bits per heavy atom. The van der Waals surface area contributed by atoms with E-state index in [1.54, 1.807) is 20.4 Å². The average molecular weight is 731 g/mol. The standard InChI is InChI=1S/C26H29N2O.C17H19N3O3S/c1-2-20-18-28(17-19-8-4-3-5-9-19)15-13-21(20)16-25(28)26(29)23-12-14-27-24-11-7-6-10-22(23)24;1-10-8-18-15(11(2)16(10)23-4)9-24(21)17-19-13-6-5-12(22-3)7-14(13)20-17/h2-12,14,20-21,25-26,29H,1,13,15-18H2;5-8H,9H2,1-4H3,(H,19,20)/q+1;/t20-,21-,25+,26-,28?;24-/m00/s1. The van der Waals surface area contributed by atoms with Crippen LogP contribution in [-0.2, 0) is 23.5 Å². The number of pyridine rings is 2. The van der Waals surface area contributed by atoms with Gasteiger partial charge in [-0.2, -0.15) is 4.98 Å². The normalized spacial score (nSPS) is 21.8. The maximum atomic E-state index is 12.7. The lowest BCUT2D eigenvalue weighted by Crippen LogP contribution is -2.67. The van der Waals surface area contributed by atoms with Crippen LogP contribution in [0.1, 0.15) is 46.9 Å². The Kier molecular flexibility index (Phi) is 10.8. The van der Waals surface area contributed by atoms with Gasteiger partial charge in [-0.3, -0.25) is 15.0 Å². The molecule has 1 unspecified atom stereocenters. The topological polar surface area (TPSA) is 116 Å². The number of quaternary nitrogens is 1. The van der Waals surface area contributed by atoms with Crippen LogP contribution in [0.2, 0.25) is 0 Å². The zero-order valence-electron chi connectivity index (χ0n) is 30.9. The number of hydrogen-bond acceptors (Lipinski definition) is 7. The molecule has 9 nitrogen and oxygen atoms in total. The largest absolute Gasteiger partial charge is 0.609 e. The van der Waals surface area contributed by atoms with E-state index in [-0.39, 0.29) is 11.8 Å². The SMILES string of the molecule is C=C[C@H]1C[N+]2(Cc3ccccc3)CC[C@H]1C[C@@H]2[C@@H](O)c1ccnc2ccccc12.COc1ccc2[nH]c([S@@+]([O-])Cc3ncc(C)c(OC)c3C)nc2c1. The quantitative estimate of drug-likeness (QED) is 0.0841. The summed E-state index contributed by atoms with van der Waals surface area (Å²) in [5.74, 6) is 2.96. The van der Waals surface area contributed by atoms with Crippen LogP contribution in [-0.4, -0.2) is 67.4 Å². The molecule has 3 aliphatic heterocycles. The van der Waals surface area contributed by atoms with Crippen LogP contribution in [0.25, 0.3) is 21.9 Å². The van der Waals surface area contributed by atoms with Crippen molar-refractivity contribution in [2.45, 2.75) is 56.3 Å². The van der Waals surface area contributed by atoms with Gasteiger partial charge in [0.1, 0.15) is 30.2 Å². The molecule has 3 aromatic carbocycles. The Morgan fingerprint density at radius 1 is 1.02 bits per heavy atom. The zero-order valence-corrected chi connectivity index (χ0v) is 31.7. The first-order valence-corrected chi connectivity index (χ1v) is 19.5. The molecule has 0 saturated carbocycles. The van der Waals surface area contributed by atoms with E-state index in [2.05, 4.69) is 69.0 Å². The van der Waals surface area contributed by atoms with Gasteiger partial charge in [0.05, 0.1) is 49.6 Å². The Hall–Kier alpha value is -4.74. The number of H-pyrrole nitrogens is 1. The van der Waals surface area contributed by atoms with E-state index >= 15 is 0 Å². The van der Waals surface area contributed by atoms with Crippen molar-refractivity contribution in [3.63, 3.8) is 0 Å². The summed E-state index contributed by atoms with van der Waals surface area (Å²) in [5, 5.41) is 13.2. The lowest BCUT2D eigenvalue weighted by molar-refractivity contribution is -0.984. The smallest absolute Gasteiger partial charge is 0.322 e. The highest BCUT2D eigenvalue weighted by Crippen LogP contribution is 2.48. The predicted octanol–water partition coefficient (Wildman–Crippen LogP) is 7.78. The zero-order chi connectivity index (χ0) is 37.1. The van der Waals surface area contributed by atoms with E-state index in [4.69, 9.17) is 9.47 Å². The van der Waals surface area contributed by atoms with Crippen LogP contribution in [0.3, 0.4) is 0 Å². The summed E-state index contributed by atoms with van der Waals surface area (Å²) in [4.78, 5) is 16.4. The van der Waals surface area contributed by atoms with Crippen molar-refractivity contribution >= 4 is 33.1 Å². The summed E-state index contributed by atoms with van der Waals surface area (Å²) < 4.78 is 24.2. The number of methoxy groups -OCH3 is 2. The molecule has 274 valence electrons. The number of hydrogen-bond donors (Lipinski definition) is 2. The highest BCUT2D eigenvalue weighted by Gasteiger charge is 2.54. The van der Waals surface area contributed by atoms with Crippen molar-refractivity contribution in [3.05, 3.63) is 132 Å². The molecule has 0 spiro atoms. The lowest BCUT2D eigenvalue weighted by Gasteiger charge is -2.58. The third-order valence-corrected chi connectivity index (χ3v) is 12.4. The van der Waals surface area contributed by atoms with E-state index in [0.717, 1.165) is 80.6 Å². The fraction of sp³-hybridized carbons (Fsp3) is 0.326. The second-order valence-electron chi connectivity index (χ2n) is 14.3. The Morgan fingerprint density at radius 2 is 1.81 bits per heavy atom. The number of aromatic nitrogens is 4. The van der Waals surface area contributed by atoms with E-state index in [0.29, 0.717) is 22.7 Å². The third-order valence-electron chi connectivity index (χ3n) is 11.3. The first kappa shape index (κ1) is 36.6. The molecule has 10 heteroatoms. The fourth-order valence-electron chi connectivity index (χ4n) is 8.52. The number of aliphatic hydroxyl groups is 1. The Labute approximate surface area is 314 Å². The monoisotopic (exact) mass is 730 g/mol. The van der Waals surface area contributed by atoms with Crippen molar-refractivity contribution in [2.24, 2.45) is 11.8 Å². The maximum Gasteiger partial charge on any atom is 0.322 e. The van der Waals surface area contributed by atoms with Crippen molar-refractivity contribution < 1.29 is 23.6 Å². The molecule has 6 heterocycles. The van der Waals surface area contributed by atoms with Gasteiger partial charge in [0.2, 0.25) is 0 Å². The summed E-state index contributed by atoms with van der Waals surface area (Å²) in [7, 11) is 3.23. The van der Waals surface area contributed by atoms with Crippen molar-refractivity contribution in [1.29, 1.82) is 0 Å². The summed E-state index contributed by atoms with van der Waals surface area (Å²) >= 11 is -1.33. The number of rotatable bonds is 10. The molecule has 53 heavy (non-hydrogen) atoms. The van der Waals surface area contributed by atoms with Gasteiger partial charge in [-0.05, 0) is 49.6 Å². The van der Waals surface area contributed by atoms with Gasteiger partial charge >= 0.3 is 5.16 Å². The molecule has 0 radical (unpaired) electrons. The predicted molar refractivity (Wildman–Crippen MR) is 210 cm³/mol. The molecule has 2 bridgehead atoms. The summed E-state index contributed by atoms with van der Waals surface area (Å²) in [6.07, 6.45) is 7.53. The van der Waals surface area contributed by atoms with Crippen molar-refractivity contribution in [3.8, 4) is 11.5 Å². The number of piperidine rings is 3. The molecule has 6 atom stereocenters. The Balaban J connectivity index is 0.000000168. The van der Waals surface area contributed by atoms with Crippen LogP contribution in [0.4, 0.5) is 0 Å². The number of para-hydroxylation sites is 1. The summed E-state index contributed by atoms with van der Waals surface area (Å²) in [6.45, 7) is 11.2.